The maximum atomic E-state index is 6.19. The van der Waals surface area contributed by atoms with Crippen LogP contribution in [0.25, 0.3) is 0 Å². The summed E-state index contributed by atoms with van der Waals surface area (Å²) in [5, 5.41) is 2.44. The molecule has 1 aliphatic heterocycles. The van der Waals surface area contributed by atoms with Crippen molar-refractivity contribution in [2.45, 2.75) is 64.0 Å². The molecule has 3 nitrogen and oxygen atoms in total. The summed E-state index contributed by atoms with van der Waals surface area (Å²) < 4.78 is 11.4. The second-order valence-electron chi connectivity index (χ2n) is 8.60. The summed E-state index contributed by atoms with van der Waals surface area (Å²) in [5.41, 5.74) is 4.36. The standard InChI is InChI=1S/C25H35NO2/c1-5-24(3)19-25(15-17-28-24,22-10-6-20(2)7-11-22)14-16-26-18-21-8-12-23(27-4)13-9-21/h6-13,26H,5,14-19H2,1-4H3/p+1/t24-,25+/m0/s1. The molecule has 2 atom stereocenters. The lowest BCUT2D eigenvalue weighted by Crippen LogP contribution is -2.83. The highest BCUT2D eigenvalue weighted by molar-refractivity contribution is 5.30. The lowest BCUT2D eigenvalue weighted by atomic mass is 9.66. The third-order valence-corrected chi connectivity index (χ3v) is 6.52. The molecule has 0 amide bonds. The number of hydrogen-bond donors (Lipinski definition) is 1. The molecule has 0 radical (unpaired) electrons. The summed E-state index contributed by atoms with van der Waals surface area (Å²) in [6, 6.07) is 17.6. The zero-order valence-electron chi connectivity index (χ0n) is 18.0. The van der Waals surface area contributed by atoms with Crippen LogP contribution < -0.4 is 10.1 Å². The number of benzene rings is 2. The van der Waals surface area contributed by atoms with Gasteiger partial charge in [0.15, 0.2) is 0 Å². The molecular weight excluding hydrogens is 346 g/mol. The molecule has 2 aromatic carbocycles. The molecule has 2 N–H and O–H groups in total. The van der Waals surface area contributed by atoms with E-state index in [1.807, 2.05) is 12.1 Å². The van der Waals surface area contributed by atoms with Crippen LogP contribution in [0.3, 0.4) is 0 Å². The van der Waals surface area contributed by atoms with Gasteiger partial charge in [0, 0.05) is 24.0 Å². The summed E-state index contributed by atoms with van der Waals surface area (Å²) >= 11 is 0. The summed E-state index contributed by atoms with van der Waals surface area (Å²) in [4.78, 5) is 0. The van der Waals surface area contributed by atoms with Crippen molar-refractivity contribution in [2.24, 2.45) is 0 Å². The lowest BCUT2D eigenvalue weighted by Gasteiger charge is -2.46. The van der Waals surface area contributed by atoms with Crippen LogP contribution in [0.15, 0.2) is 48.5 Å². The van der Waals surface area contributed by atoms with E-state index in [2.05, 4.69) is 62.5 Å². The molecule has 0 spiro atoms. The molecule has 0 aromatic heterocycles. The predicted molar refractivity (Wildman–Crippen MR) is 115 cm³/mol. The topological polar surface area (TPSA) is 35.1 Å². The third-order valence-electron chi connectivity index (χ3n) is 6.52. The van der Waals surface area contributed by atoms with Crippen molar-refractivity contribution < 1.29 is 14.8 Å². The van der Waals surface area contributed by atoms with Gasteiger partial charge in [-0.3, -0.25) is 0 Å². The van der Waals surface area contributed by atoms with Crippen molar-refractivity contribution in [3.05, 3.63) is 65.2 Å². The number of hydrogen-bond acceptors (Lipinski definition) is 2. The summed E-state index contributed by atoms with van der Waals surface area (Å²) in [6.07, 6.45) is 4.47. The van der Waals surface area contributed by atoms with E-state index in [0.717, 1.165) is 44.7 Å². The van der Waals surface area contributed by atoms with Crippen molar-refractivity contribution in [3.63, 3.8) is 0 Å². The first-order valence-electron chi connectivity index (χ1n) is 10.6. The molecule has 2 aromatic rings. The van der Waals surface area contributed by atoms with Crippen LogP contribution >= 0.6 is 0 Å². The van der Waals surface area contributed by atoms with E-state index in [9.17, 15) is 0 Å². The van der Waals surface area contributed by atoms with Crippen LogP contribution in [0.4, 0.5) is 0 Å². The molecule has 152 valence electrons. The quantitative estimate of drug-likeness (QED) is 0.688. The Kier molecular flexibility index (Phi) is 6.79. The van der Waals surface area contributed by atoms with Crippen LogP contribution in [-0.4, -0.2) is 25.9 Å². The van der Waals surface area contributed by atoms with Gasteiger partial charge in [-0.05, 0) is 62.9 Å². The summed E-state index contributed by atoms with van der Waals surface area (Å²) in [7, 11) is 1.71. The average Bonchev–Trinajstić information content (AvgIpc) is 2.72. The SMILES string of the molecule is CC[C@@]1(C)C[C@](CC[NH2+]Cc2ccc(OC)cc2)(c2ccc(C)cc2)CCO1. The van der Waals surface area contributed by atoms with Gasteiger partial charge in [-0.1, -0.05) is 36.8 Å². The molecule has 0 saturated carbocycles. The Balaban J connectivity index is 1.68. The minimum absolute atomic E-state index is 0.0148. The molecule has 3 heteroatoms. The normalized spacial score (nSPS) is 24.9. The molecule has 0 bridgehead atoms. The number of quaternary nitrogens is 1. The van der Waals surface area contributed by atoms with Gasteiger partial charge in [-0.25, -0.2) is 0 Å². The monoisotopic (exact) mass is 382 g/mol. The Morgan fingerprint density at radius 3 is 2.43 bits per heavy atom. The Morgan fingerprint density at radius 2 is 1.79 bits per heavy atom. The second-order valence-corrected chi connectivity index (χ2v) is 8.60. The fourth-order valence-electron chi connectivity index (χ4n) is 4.50. The van der Waals surface area contributed by atoms with Gasteiger partial charge in [0.2, 0.25) is 0 Å². The van der Waals surface area contributed by atoms with E-state index in [4.69, 9.17) is 9.47 Å². The number of methoxy groups -OCH3 is 1. The largest absolute Gasteiger partial charge is 0.497 e. The molecule has 1 fully saturated rings. The van der Waals surface area contributed by atoms with Crippen LogP contribution in [0.1, 0.15) is 56.2 Å². The Bertz CT molecular complexity index is 740. The highest BCUT2D eigenvalue weighted by Gasteiger charge is 2.43. The minimum Gasteiger partial charge on any atom is -0.497 e. The molecular formula is C25H36NO2+. The zero-order chi connectivity index (χ0) is 20.0. The van der Waals surface area contributed by atoms with Crippen LogP contribution in [0.5, 0.6) is 5.75 Å². The van der Waals surface area contributed by atoms with Gasteiger partial charge < -0.3 is 14.8 Å². The van der Waals surface area contributed by atoms with Gasteiger partial charge in [-0.2, -0.15) is 0 Å². The first-order valence-corrected chi connectivity index (χ1v) is 10.6. The molecule has 1 saturated heterocycles. The van der Waals surface area contributed by atoms with Gasteiger partial charge in [0.05, 0.1) is 19.3 Å². The smallest absolute Gasteiger partial charge is 0.118 e. The van der Waals surface area contributed by atoms with E-state index in [-0.39, 0.29) is 11.0 Å². The lowest BCUT2D eigenvalue weighted by molar-refractivity contribution is -0.672. The summed E-state index contributed by atoms with van der Waals surface area (Å²) in [5.74, 6) is 0.920. The Hall–Kier alpha value is -1.84. The van der Waals surface area contributed by atoms with Crippen molar-refractivity contribution in [1.82, 2.24) is 0 Å². The van der Waals surface area contributed by atoms with E-state index in [1.54, 1.807) is 7.11 Å². The Labute approximate surface area is 170 Å². The molecule has 3 rings (SSSR count). The molecule has 1 aliphatic rings. The highest BCUT2D eigenvalue weighted by Crippen LogP contribution is 2.45. The van der Waals surface area contributed by atoms with Crippen molar-refractivity contribution in [3.8, 4) is 5.75 Å². The molecule has 0 unspecified atom stereocenters. The molecule has 28 heavy (non-hydrogen) atoms. The highest BCUT2D eigenvalue weighted by atomic mass is 16.5. The van der Waals surface area contributed by atoms with E-state index in [1.165, 1.54) is 23.1 Å². The maximum absolute atomic E-state index is 6.19. The number of nitrogens with two attached hydrogens (primary N) is 1. The second kappa shape index (κ2) is 9.11. The number of aryl methyl sites for hydroxylation is 1. The fraction of sp³-hybridized carbons (Fsp3) is 0.520. The number of ether oxygens (including phenoxy) is 2. The first-order chi connectivity index (χ1) is 13.5. The van der Waals surface area contributed by atoms with Gasteiger partial charge in [-0.15, -0.1) is 0 Å². The minimum atomic E-state index is -0.0148. The first kappa shape index (κ1) is 20.9. The van der Waals surface area contributed by atoms with Gasteiger partial charge in [0.25, 0.3) is 0 Å². The van der Waals surface area contributed by atoms with Crippen LogP contribution in [0.2, 0.25) is 0 Å². The fourth-order valence-corrected chi connectivity index (χ4v) is 4.50. The van der Waals surface area contributed by atoms with Gasteiger partial charge in [0.1, 0.15) is 12.3 Å². The van der Waals surface area contributed by atoms with Crippen LogP contribution in [-0.2, 0) is 16.7 Å². The third kappa shape index (κ3) is 4.95. The maximum Gasteiger partial charge on any atom is 0.118 e. The van der Waals surface area contributed by atoms with Crippen LogP contribution in [0, 0.1) is 6.92 Å². The van der Waals surface area contributed by atoms with E-state index in [0.29, 0.717) is 0 Å². The molecule has 1 heterocycles. The van der Waals surface area contributed by atoms with Crippen molar-refractivity contribution in [2.75, 3.05) is 20.3 Å². The average molecular weight is 383 g/mol. The Morgan fingerprint density at radius 1 is 1.07 bits per heavy atom. The van der Waals surface area contributed by atoms with E-state index < -0.39 is 0 Å². The van der Waals surface area contributed by atoms with Crippen molar-refractivity contribution in [1.29, 1.82) is 0 Å². The van der Waals surface area contributed by atoms with E-state index >= 15 is 0 Å². The summed E-state index contributed by atoms with van der Waals surface area (Å²) in [6.45, 7) is 9.70. The predicted octanol–water partition coefficient (Wildman–Crippen LogP) is 4.37. The number of rotatable bonds is 8. The zero-order valence-corrected chi connectivity index (χ0v) is 18.0. The molecule has 0 aliphatic carbocycles. The van der Waals surface area contributed by atoms with Crippen molar-refractivity contribution >= 4 is 0 Å². The van der Waals surface area contributed by atoms with Gasteiger partial charge >= 0.3 is 0 Å².